The van der Waals surface area contributed by atoms with E-state index in [-0.39, 0.29) is 12.0 Å². The van der Waals surface area contributed by atoms with E-state index in [0.717, 1.165) is 32.0 Å². The lowest BCUT2D eigenvalue weighted by Gasteiger charge is -2.27. The Hall–Kier alpha value is -0.460. The predicted octanol–water partition coefficient (Wildman–Crippen LogP) is 0.140. The molecule has 1 fully saturated rings. The van der Waals surface area contributed by atoms with Gasteiger partial charge in [0.25, 0.3) is 10.2 Å². The predicted molar refractivity (Wildman–Crippen MR) is 57.6 cm³/mol. The van der Waals surface area contributed by atoms with E-state index in [9.17, 15) is 13.2 Å². The summed E-state index contributed by atoms with van der Waals surface area (Å²) in [7, 11) is -0.328. The molecule has 0 unspecified atom stereocenters. The highest BCUT2D eigenvalue weighted by atomic mass is 32.2. The Morgan fingerprint density at radius 2 is 1.73 bits per heavy atom. The number of nitrogens with zero attached hydrogens (tertiary/aromatic N) is 1. The van der Waals surface area contributed by atoms with Gasteiger partial charge >= 0.3 is 0 Å². The van der Waals surface area contributed by atoms with Gasteiger partial charge in [0.15, 0.2) is 0 Å². The fraction of sp³-hybridized carbons (Fsp3) is 0.889. The molecule has 0 aromatic heterocycles. The fourth-order valence-corrected chi connectivity index (χ4v) is 2.56. The third-order valence-corrected chi connectivity index (χ3v) is 4.35. The summed E-state index contributed by atoms with van der Waals surface area (Å²) in [6, 6.07) is -0.0198. The molecule has 0 radical (unpaired) electrons. The van der Waals surface area contributed by atoms with Crippen LogP contribution in [0, 0.1) is 5.92 Å². The second kappa shape index (κ2) is 5.05. The van der Waals surface area contributed by atoms with Crippen LogP contribution in [0.4, 0.5) is 0 Å². The molecule has 0 aliphatic heterocycles. The first kappa shape index (κ1) is 12.6. The average Bonchev–Trinajstić information content (AvgIpc) is 2.18. The molecule has 1 saturated carbocycles. The molecule has 0 aromatic carbocycles. The Kier molecular flexibility index (Phi) is 4.24. The Bertz CT molecular complexity index is 305. The van der Waals surface area contributed by atoms with Gasteiger partial charge in [0, 0.05) is 26.1 Å². The van der Waals surface area contributed by atoms with Gasteiger partial charge in [-0.15, -0.1) is 0 Å². The first-order chi connectivity index (χ1) is 6.95. The molecule has 5 nitrogen and oxygen atoms in total. The molecule has 0 bridgehead atoms. The smallest absolute Gasteiger partial charge is 0.279 e. The number of nitrogens with one attached hydrogen (secondary N) is 1. The normalized spacial score (nSPS) is 27.9. The van der Waals surface area contributed by atoms with Crippen LogP contribution in [0.2, 0.25) is 0 Å². The number of rotatable bonds is 4. The Balaban J connectivity index is 2.46. The molecule has 0 spiro atoms. The molecule has 0 amide bonds. The molecule has 88 valence electrons. The van der Waals surface area contributed by atoms with Gasteiger partial charge < -0.3 is 4.79 Å². The van der Waals surface area contributed by atoms with E-state index >= 15 is 0 Å². The highest BCUT2D eigenvalue weighted by Gasteiger charge is 2.25. The number of carbonyl (C=O) groups excluding carboxylic acids is 1. The molecular formula is C9H18N2O3S. The number of hydrogen-bond acceptors (Lipinski definition) is 3. The van der Waals surface area contributed by atoms with Gasteiger partial charge in [-0.3, -0.25) is 0 Å². The largest absolute Gasteiger partial charge is 0.303 e. The molecule has 0 heterocycles. The molecule has 1 aliphatic carbocycles. The highest BCUT2D eigenvalue weighted by Crippen LogP contribution is 2.23. The maximum Gasteiger partial charge on any atom is 0.279 e. The zero-order valence-corrected chi connectivity index (χ0v) is 9.96. The second-order valence-electron chi connectivity index (χ2n) is 4.15. The van der Waals surface area contributed by atoms with Gasteiger partial charge in [0.2, 0.25) is 0 Å². The molecule has 1 rings (SSSR count). The van der Waals surface area contributed by atoms with Gasteiger partial charge in [0.05, 0.1) is 0 Å². The first-order valence-electron chi connectivity index (χ1n) is 5.11. The third kappa shape index (κ3) is 3.55. The van der Waals surface area contributed by atoms with Crippen LogP contribution in [0.5, 0.6) is 0 Å². The van der Waals surface area contributed by atoms with E-state index in [1.807, 2.05) is 0 Å². The number of carbonyl (C=O) groups is 1. The van der Waals surface area contributed by atoms with Gasteiger partial charge in [-0.1, -0.05) is 0 Å². The second-order valence-corrected chi connectivity index (χ2v) is 6.07. The van der Waals surface area contributed by atoms with E-state index < -0.39 is 10.2 Å². The van der Waals surface area contributed by atoms with Crippen molar-refractivity contribution in [3.05, 3.63) is 0 Å². The fourth-order valence-electron chi connectivity index (χ4n) is 1.69. The molecule has 1 aliphatic rings. The van der Waals surface area contributed by atoms with E-state index in [0.29, 0.717) is 0 Å². The molecule has 6 heteroatoms. The summed E-state index contributed by atoms with van der Waals surface area (Å²) in [5.74, 6) is 0.116. The lowest BCUT2D eigenvalue weighted by Crippen LogP contribution is -2.43. The van der Waals surface area contributed by atoms with E-state index in [4.69, 9.17) is 0 Å². The number of aldehydes is 1. The highest BCUT2D eigenvalue weighted by molar-refractivity contribution is 7.87. The maximum atomic E-state index is 11.5. The van der Waals surface area contributed by atoms with Crippen molar-refractivity contribution in [3.63, 3.8) is 0 Å². The zero-order chi connectivity index (χ0) is 11.5. The van der Waals surface area contributed by atoms with Gasteiger partial charge in [0.1, 0.15) is 6.29 Å². The Labute approximate surface area is 91.0 Å². The van der Waals surface area contributed by atoms with Crippen LogP contribution in [-0.2, 0) is 15.0 Å². The summed E-state index contributed by atoms with van der Waals surface area (Å²) in [5.41, 5.74) is 0. The van der Waals surface area contributed by atoms with Crippen LogP contribution in [-0.4, -0.2) is 39.1 Å². The van der Waals surface area contributed by atoms with Crippen molar-refractivity contribution in [2.45, 2.75) is 31.7 Å². The summed E-state index contributed by atoms with van der Waals surface area (Å²) in [5, 5.41) is 0. The molecule has 1 N–H and O–H groups in total. The van der Waals surface area contributed by atoms with Gasteiger partial charge in [-0.25, -0.2) is 0 Å². The quantitative estimate of drug-likeness (QED) is 0.704. The van der Waals surface area contributed by atoms with Crippen LogP contribution in [0.25, 0.3) is 0 Å². The molecule has 0 saturated heterocycles. The number of hydrogen-bond donors (Lipinski definition) is 1. The Morgan fingerprint density at radius 3 is 2.13 bits per heavy atom. The van der Waals surface area contributed by atoms with Crippen molar-refractivity contribution in [2.24, 2.45) is 5.92 Å². The minimum atomic E-state index is -3.33. The van der Waals surface area contributed by atoms with Crippen molar-refractivity contribution in [3.8, 4) is 0 Å². The van der Waals surface area contributed by atoms with Crippen molar-refractivity contribution in [1.82, 2.24) is 9.03 Å². The molecule has 0 atom stereocenters. The van der Waals surface area contributed by atoms with Gasteiger partial charge in [-0.2, -0.15) is 17.4 Å². The van der Waals surface area contributed by atoms with Crippen molar-refractivity contribution >= 4 is 16.5 Å². The average molecular weight is 234 g/mol. The monoisotopic (exact) mass is 234 g/mol. The van der Waals surface area contributed by atoms with Crippen LogP contribution in [0.3, 0.4) is 0 Å². The third-order valence-electron chi connectivity index (χ3n) is 2.76. The summed E-state index contributed by atoms with van der Waals surface area (Å²) < 4.78 is 26.8. The summed E-state index contributed by atoms with van der Waals surface area (Å²) in [4.78, 5) is 10.5. The topological polar surface area (TPSA) is 66.5 Å². The van der Waals surface area contributed by atoms with Crippen molar-refractivity contribution in [1.29, 1.82) is 0 Å². The SMILES string of the molecule is CN(C)S(=O)(=O)NC1CCC(C=O)CC1. The first-order valence-corrected chi connectivity index (χ1v) is 6.55. The summed E-state index contributed by atoms with van der Waals surface area (Å²) in [6.45, 7) is 0. The van der Waals surface area contributed by atoms with Crippen LogP contribution in [0.1, 0.15) is 25.7 Å². The van der Waals surface area contributed by atoms with E-state index in [1.165, 1.54) is 18.4 Å². The molecule has 0 aromatic rings. The zero-order valence-electron chi connectivity index (χ0n) is 9.14. The molecule has 15 heavy (non-hydrogen) atoms. The minimum absolute atomic E-state index is 0.0198. The summed E-state index contributed by atoms with van der Waals surface area (Å²) in [6.07, 6.45) is 4.03. The standard InChI is InChI=1S/C9H18N2O3S/c1-11(2)15(13,14)10-9-5-3-8(7-12)4-6-9/h7-10H,3-6H2,1-2H3. The lowest BCUT2D eigenvalue weighted by molar-refractivity contribution is -0.111. The van der Waals surface area contributed by atoms with E-state index in [1.54, 1.807) is 0 Å². The van der Waals surface area contributed by atoms with Crippen molar-refractivity contribution < 1.29 is 13.2 Å². The van der Waals surface area contributed by atoms with Crippen LogP contribution >= 0.6 is 0 Å². The van der Waals surface area contributed by atoms with Crippen LogP contribution in [0.15, 0.2) is 0 Å². The molecular weight excluding hydrogens is 216 g/mol. The Morgan fingerprint density at radius 1 is 1.20 bits per heavy atom. The minimum Gasteiger partial charge on any atom is -0.303 e. The lowest BCUT2D eigenvalue weighted by atomic mass is 9.87. The van der Waals surface area contributed by atoms with E-state index in [2.05, 4.69) is 4.72 Å². The summed E-state index contributed by atoms with van der Waals surface area (Å²) >= 11 is 0. The maximum absolute atomic E-state index is 11.5. The van der Waals surface area contributed by atoms with Crippen molar-refractivity contribution in [2.75, 3.05) is 14.1 Å². The van der Waals surface area contributed by atoms with Gasteiger partial charge in [-0.05, 0) is 25.7 Å². The van der Waals surface area contributed by atoms with Crippen LogP contribution < -0.4 is 4.72 Å².